The lowest BCUT2D eigenvalue weighted by Crippen LogP contribution is -2.29. The molecule has 84 valence electrons. The Labute approximate surface area is 91.0 Å². The van der Waals surface area contributed by atoms with Crippen LogP contribution < -0.4 is 5.48 Å². The van der Waals surface area contributed by atoms with Gasteiger partial charge in [-0.15, -0.1) is 0 Å². The summed E-state index contributed by atoms with van der Waals surface area (Å²) in [7, 11) is 0. The second-order valence-electron chi connectivity index (χ2n) is 3.51. The molecule has 3 nitrogen and oxygen atoms in total. The van der Waals surface area contributed by atoms with Crippen LogP contribution in [0.3, 0.4) is 0 Å². The average molecular weight is 209 g/mol. The maximum Gasteiger partial charge on any atom is 0.0933 e. The fraction of sp³-hybridized carbons (Fsp3) is 0.500. The van der Waals surface area contributed by atoms with Gasteiger partial charge in [-0.25, -0.2) is 0 Å². The monoisotopic (exact) mass is 209 g/mol. The van der Waals surface area contributed by atoms with Crippen LogP contribution >= 0.6 is 0 Å². The molecule has 0 amide bonds. The molecule has 0 radical (unpaired) electrons. The summed E-state index contributed by atoms with van der Waals surface area (Å²) in [5.74, 6) is 0. The zero-order valence-corrected chi connectivity index (χ0v) is 9.15. The first kappa shape index (κ1) is 12.2. The minimum atomic E-state index is 0.195. The second-order valence-corrected chi connectivity index (χ2v) is 3.51. The molecule has 15 heavy (non-hydrogen) atoms. The molecule has 0 aliphatic carbocycles. The standard InChI is InChI=1S/C12H19NO2/c1-2-12(8-9-14)13-15-10-11-6-4-3-5-7-11/h3-7,12-14H,2,8-10H2,1H3. The van der Waals surface area contributed by atoms with Crippen LogP contribution in [0.25, 0.3) is 0 Å². The topological polar surface area (TPSA) is 41.5 Å². The van der Waals surface area contributed by atoms with Crippen molar-refractivity contribution in [2.45, 2.75) is 32.4 Å². The van der Waals surface area contributed by atoms with Gasteiger partial charge in [0.15, 0.2) is 0 Å². The Bertz CT molecular complexity index is 251. The largest absolute Gasteiger partial charge is 0.396 e. The Kier molecular flexibility index (Phi) is 6.00. The summed E-state index contributed by atoms with van der Waals surface area (Å²) in [6, 6.07) is 10.2. The highest BCUT2D eigenvalue weighted by atomic mass is 16.6. The van der Waals surface area contributed by atoms with Gasteiger partial charge in [-0.2, -0.15) is 5.48 Å². The van der Waals surface area contributed by atoms with Crippen LogP contribution in [0.5, 0.6) is 0 Å². The van der Waals surface area contributed by atoms with Gasteiger partial charge in [0.1, 0.15) is 0 Å². The molecule has 1 aromatic rings. The van der Waals surface area contributed by atoms with E-state index in [0.29, 0.717) is 6.61 Å². The number of benzene rings is 1. The van der Waals surface area contributed by atoms with E-state index in [1.165, 1.54) is 0 Å². The second kappa shape index (κ2) is 7.40. The van der Waals surface area contributed by atoms with E-state index < -0.39 is 0 Å². The molecule has 0 saturated heterocycles. The lowest BCUT2D eigenvalue weighted by Gasteiger charge is -2.15. The number of aliphatic hydroxyl groups is 1. The van der Waals surface area contributed by atoms with E-state index in [9.17, 15) is 0 Å². The highest BCUT2D eigenvalue weighted by Crippen LogP contribution is 2.01. The third kappa shape index (κ3) is 4.93. The lowest BCUT2D eigenvalue weighted by atomic mass is 10.2. The molecule has 1 aromatic carbocycles. The highest BCUT2D eigenvalue weighted by molar-refractivity contribution is 5.13. The summed E-state index contributed by atoms with van der Waals surface area (Å²) in [6.45, 7) is 2.82. The van der Waals surface area contributed by atoms with Crippen LogP contribution in [-0.4, -0.2) is 17.8 Å². The molecular formula is C12H19NO2. The van der Waals surface area contributed by atoms with Crippen molar-refractivity contribution in [2.75, 3.05) is 6.61 Å². The highest BCUT2D eigenvalue weighted by Gasteiger charge is 2.04. The number of hydroxylamine groups is 1. The molecule has 0 aromatic heterocycles. The van der Waals surface area contributed by atoms with Crippen molar-refractivity contribution in [2.24, 2.45) is 0 Å². The van der Waals surface area contributed by atoms with E-state index in [1.54, 1.807) is 0 Å². The minimum Gasteiger partial charge on any atom is -0.396 e. The third-order valence-corrected chi connectivity index (χ3v) is 2.30. The number of hydrogen-bond acceptors (Lipinski definition) is 3. The van der Waals surface area contributed by atoms with Gasteiger partial charge in [0, 0.05) is 12.6 Å². The van der Waals surface area contributed by atoms with Crippen LogP contribution in [0.15, 0.2) is 30.3 Å². The third-order valence-electron chi connectivity index (χ3n) is 2.30. The van der Waals surface area contributed by atoms with Gasteiger partial charge in [0.2, 0.25) is 0 Å². The van der Waals surface area contributed by atoms with Crippen LogP contribution in [0, 0.1) is 0 Å². The minimum absolute atomic E-state index is 0.195. The quantitative estimate of drug-likeness (QED) is 0.674. The van der Waals surface area contributed by atoms with Gasteiger partial charge >= 0.3 is 0 Å². The first-order valence-corrected chi connectivity index (χ1v) is 5.39. The Morgan fingerprint density at radius 3 is 2.67 bits per heavy atom. The number of aliphatic hydroxyl groups excluding tert-OH is 1. The van der Waals surface area contributed by atoms with Crippen LogP contribution in [0.1, 0.15) is 25.3 Å². The maximum absolute atomic E-state index is 8.79. The van der Waals surface area contributed by atoms with Gasteiger partial charge in [-0.05, 0) is 18.4 Å². The van der Waals surface area contributed by atoms with E-state index in [4.69, 9.17) is 9.94 Å². The van der Waals surface area contributed by atoms with Crippen molar-refractivity contribution in [1.29, 1.82) is 0 Å². The van der Waals surface area contributed by atoms with Gasteiger partial charge in [0.25, 0.3) is 0 Å². The summed E-state index contributed by atoms with van der Waals surface area (Å²) in [6.07, 6.45) is 1.68. The molecule has 3 heteroatoms. The summed E-state index contributed by atoms with van der Waals surface area (Å²) < 4.78 is 0. The van der Waals surface area contributed by atoms with Crippen molar-refractivity contribution >= 4 is 0 Å². The molecule has 0 fully saturated rings. The average Bonchev–Trinajstić information content (AvgIpc) is 2.29. The molecule has 2 N–H and O–H groups in total. The maximum atomic E-state index is 8.79. The van der Waals surface area contributed by atoms with E-state index in [1.807, 2.05) is 30.3 Å². The zero-order chi connectivity index (χ0) is 10.9. The Morgan fingerprint density at radius 2 is 2.07 bits per heavy atom. The molecule has 0 saturated carbocycles. The molecule has 0 aliphatic rings. The Hall–Kier alpha value is -0.900. The normalized spacial score (nSPS) is 12.7. The van der Waals surface area contributed by atoms with Gasteiger partial charge < -0.3 is 5.11 Å². The predicted molar refractivity (Wildman–Crippen MR) is 60.1 cm³/mol. The molecular weight excluding hydrogens is 190 g/mol. The molecule has 1 rings (SSSR count). The van der Waals surface area contributed by atoms with Crippen molar-refractivity contribution in [3.63, 3.8) is 0 Å². The number of rotatable bonds is 7. The van der Waals surface area contributed by atoms with Crippen molar-refractivity contribution in [3.05, 3.63) is 35.9 Å². The van der Waals surface area contributed by atoms with Crippen molar-refractivity contribution < 1.29 is 9.94 Å². The summed E-state index contributed by atoms with van der Waals surface area (Å²) in [4.78, 5) is 5.36. The molecule has 0 spiro atoms. The van der Waals surface area contributed by atoms with E-state index >= 15 is 0 Å². The van der Waals surface area contributed by atoms with Crippen LogP contribution in [0.4, 0.5) is 0 Å². The van der Waals surface area contributed by atoms with Crippen molar-refractivity contribution in [3.8, 4) is 0 Å². The smallest absolute Gasteiger partial charge is 0.0933 e. The first-order valence-electron chi connectivity index (χ1n) is 5.39. The molecule has 0 bridgehead atoms. The summed E-state index contributed by atoms with van der Waals surface area (Å²) in [5, 5.41) is 8.79. The lowest BCUT2D eigenvalue weighted by molar-refractivity contribution is -0.00251. The van der Waals surface area contributed by atoms with Gasteiger partial charge in [-0.3, -0.25) is 4.84 Å². The van der Waals surface area contributed by atoms with Crippen LogP contribution in [-0.2, 0) is 11.4 Å². The van der Waals surface area contributed by atoms with E-state index in [2.05, 4.69) is 12.4 Å². The summed E-state index contributed by atoms with van der Waals surface area (Å²) in [5.41, 5.74) is 4.10. The molecule has 0 aliphatic heterocycles. The molecule has 1 atom stereocenters. The fourth-order valence-electron chi connectivity index (χ4n) is 1.32. The molecule has 1 unspecified atom stereocenters. The first-order chi connectivity index (χ1) is 7.36. The molecule has 0 heterocycles. The summed E-state index contributed by atoms with van der Waals surface area (Å²) >= 11 is 0. The van der Waals surface area contributed by atoms with Gasteiger partial charge in [-0.1, -0.05) is 37.3 Å². The number of nitrogens with one attached hydrogen (secondary N) is 1. The Balaban J connectivity index is 2.20. The zero-order valence-electron chi connectivity index (χ0n) is 9.15. The van der Waals surface area contributed by atoms with Crippen LogP contribution in [0.2, 0.25) is 0 Å². The predicted octanol–water partition coefficient (Wildman–Crippen LogP) is 1.87. The Morgan fingerprint density at radius 1 is 1.33 bits per heavy atom. The SMILES string of the molecule is CCC(CCO)NOCc1ccccc1. The number of hydrogen-bond donors (Lipinski definition) is 2. The van der Waals surface area contributed by atoms with Gasteiger partial charge in [0.05, 0.1) is 6.61 Å². The fourth-order valence-corrected chi connectivity index (χ4v) is 1.32. The van der Waals surface area contributed by atoms with E-state index in [-0.39, 0.29) is 12.6 Å². The van der Waals surface area contributed by atoms with Crippen molar-refractivity contribution in [1.82, 2.24) is 5.48 Å². The van der Waals surface area contributed by atoms with E-state index in [0.717, 1.165) is 18.4 Å².